The maximum absolute atomic E-state index is 9.85. The third kappa shape index (κ3) is 2.25. The molecule has 0 radical (unpaired) electrons. The van der Waals surface area contributed by atoms with Gasteiger partial charge >= 0.3 is 0 Å². The van der Waals surface area contributed by atoms with E-state index < -0.39 is 0 Å². The monoisotopic (exact) mass is 351 g/mol. The Bertz CT molecular complexity index is 427. The molecule has 0 saturated carbocycles. The molecule has 0 amide bonds. The second kappa shape index (κ2) is 4.25. The Balaban J connectivity index is 2.39. The van der Waals surface area contributed by atoms with E-state index in [1.165, 1.54) is 0 Å². The van der Waals surface area contributed by atoms with Gasteiger partial charge in [0.05, 0.1) is 4.47 Å². The van der Waals surface area contributed by atoms with E-state index in [1.807, 2.05) is 6.07 Å². The predicted molar refractivity (Wildman–Crippen MR) is 68.3 cm³/mol. The highest BCUT2D eigenvalue weighted by Crippen LogP contribution is 2.34. The van der Waals surface area contributed by atoms with Gasteiger partial charge in [-0.3, -0.25) is 5.43 Å². The van der Waals surface area contributed by atoms with Crippen molar-refractivity contribution in [1.29, 1.82) is 0 Å². The van der Waals surface area contributed by atoms with E-state index in [2.05, 4.69) is 48.0 Å². The lowest BCUT2D eigenvalue weighted by Gasteiger charge is -2.13. The van der Waals surface area contributed by atoms with Gasteiger partial charge in [-0.05, 0) is 40.3 Å². The minimum Gasteiger partial charge on any atom is -0.506 e. The minimum absolute atomic E-state index is 0.190. The molecule has 1 aromatic carbocycles. The molecule has 4 nitrogen and oxygen atoms in total. The van der Waals surface area contributed by atoms with Crippen molar-refractivity contribution in [2.45, 2.75) is 6.17 Å². The van der Waals surface area contributed by atoms with Crippen LogP contribution in [0.1, 0.15) is 11.7 Å². The van der Waals surface area contributed by atoms with Gasteiger partial charge in [0.2, 0.25) is 0 Å². The lowest BCUT2D eigenvalue weighted by Crippen LogP contribution is -2.26. The number of phenols is 1. The van der Waals surface area contributed by atoms with Gasteiger partial charge in [-0.25, -0.2) is 5.43 Å². The van der Waals surface area contributed by atoms with E-state index in [4.69, 9.17) is 12.2 Å². The third-order valence-corrected chi connectivity index (χ3v) is 3.26. The van der Waals surface area contributed by atoms with Crippen molar-refractivity contribution >= 4 is 49.2 Å². The highest BCUT2D eigenvalue weighted by molar-refractivity contribution is 9.11. The highest BCUT2D eigenvalue weighted by Gasteiger charge is 2.22. The second-order valence-corrected chi connectivity index (χ2v) is 5.18. The zero-order chi connectivity index (χ0) is 11.0. The first kappa shape index (κ1) is 11.1. The number of rotatable bonds is 1. The molecular formula is C8H7Br2N3OS. The molecule has 1 unspecified atom stereocenters. The maximum atomic E-state index is 9.85. The molecule has 1 atom stereocenters. The quantitative estimate of drug-likeness (QED) is 0.582. The van der Waals surface area contributed by atoms with Crippen molar-refractivity contribution in [2.75, 3.05) is 0 Å². The summed E-state index contributed by atoms with van der Waals surface area (Å²) in [6.07, 6.45) is -0.230. The van der Waals surface area contributed by atoms with E-state index in [0.29, 0.717) is 15.1 Å². The lowest BCUT2D eigenvalue weighted by atomic mass is 10.1. The fraction of sp³-hybridized carbons (Fsp3) is 0.125. The van der Waals surface area contributed by atoms with Crippen LogP contribution >= 0.6 is 44.1 Å². The smallest absolute Gasteiger partial charge is 0.182 e. The molecule has 0 aliphatic carbocycles. The first-order chi connectivity index (χ1) is 7.08. The Morgan fingerprint density at radius 3 is 2.67 bits per heavy atom. The van der Waals surface area contributed by atoms with Gasteiger partial charge in [0.15, 0.2) is 5.11 Å². The summed E-state index contributed by atoms with van der Waals surface area (Å²) in [6, 6.07) is 3.60. The molecule has 1 heterocycles. The van der Waals surface area contributed by atoms with Crippen LogP contribution < -0.4 is 16.2 Å². The number of aromatic hydroxyl groups is 1. The normalized spacial score (nSPS) is 19.9. The zero-order valence-corrected chi connectivity index (χ0v) is 11.3. The van der Waals surface area contributed by atoms with Crippen molar-refractivity contribution in [3.8, 4) is 5.75 Å². The number of phenolic OH excluding ortho intramolecular Hbond substituents is 1. The molecule has 0 spiro atoms. The molecule has 1 aliphatic heterocycles. The van der Waals surface area contributed by atoms with E-state index in [0.717, 1.165) is 4.47 Å². The van der Waals surface area contributed by atoms with Crippen LogP contribution in [-0.4, -0.2) is 10.2 Å². The van der Waals surface area contributed by atoms with Crippen LogP contribution in [0.15, 0.2) is 21.1 Å². The molecule has 0 aromatic heterocycles. The minimum atomic E-state index is -0.230. The van der Waals surface area contributed by atoms with Crippen molar-refractivity contribution in [1.82, 2.24) is 16.2 Å². The SMILES string of the molecule is Oc1c(Br)cc(Br)cc1C1NNC(=S)N1. The number of thiocarbonyl (C=S) groups is 1. The van der Waals surface area contributed by atoms with Crippen LogP contribution in [0, 0.1) is 0 Å². The average Bonchev–Trinajstić information content (AvgIpc) is 2.58. The summed E-state index contributed by atoms with van der Waals surface area (Å²) < 4.78 is 1.51. The van der Waals surface area contributed by atoms with Gasteiger partial charge in [-0.2, -0.15) is 0 Å². The Hall–Kier alpha value is -0.370. The average molecular weight is 353 g/mol. The number of hydrogen-bond acceptors (Lipinski definition) is 3. The largest absolute Gasteiger partial charge is 0.506 e. The number of hydrazine groups is 1. The summed E-state index contributed by atoms with van der Waals surface area (Å²) >= 11 is 11.5. The highest BCUT2D eigenvalue weighted by atomic mass is 79.9. The van der Waals surface area contributed by atoms with Gasteiger partial charge in [-0.1, -0.05) is 15.9 Å². The third-order valence-electron chi connectivity index (χ3n) is 1.97. The molecular weight excluding hydrogens is 346 g/mol. The first-order valence-corrected chi connectivity index (χ1v) is 6.07. The molecule has 2 rings (SSSR count). The van der Waals surface area contributed by atoms with Crippen LogP contribution in [0.4, 0.5) is 0 Å². The zero-order valence-electron chi connectivity index (χ0n) is 7.34. The molecule has 1 aliphatic rings. The van der Waals surface area contributed by atoms with Crippen molar-refractivity contribution < 1.29 is 5.11 Å². The molecule has 1 fully saturated rings. The Morgan fingerprint density at radius 1 is 1.33 bits per heavy atom. The van der Waals surface area contributed by atoms with E-state index in [-0.39, 0.29) is 11.9 Å². The van der Waals surface area contributed by atoms with Crippen LogP contribution in [0.5, 0.6) is 5.75 Å². The van der Waals surface area contributed by atoms with Crippen molar-refractivity contribution in [3.05, 3.63) is 26.6 Å². The fourth-order valence-electron chi connectivity index (χ4n) is 1.30. The van der Waals surface area contributed by atoms with Crippen molar-refractivity contribution in [3.63, 3.8) is 0 Å². The standard InChI is InChI=1S/C8H7Br2N3OS/c9-3-1-4(6(14)5(10)2-3)7-11-8(15)13-12-7/h1-2,7,12,14H,(H2,11,13,15). The van der Waals surface area contributed by atoms with Crippen LogP contribution in [0.25, 0.3) is 0 Å². The Kier molecular flexibility index (Phi) is 3.15. The van der Waals surface area contributed by atoms with E-state index in [9.17, 15) is 5.11 Å². The summed E-state index contributed by atoms with van der Waals surface area (Å²) in [5.74, 6) is 0.190. The first-order valence-electron chi connectivity index (χ1n) is 4.08. The van der Waals surface area contributed by atoms with Gasteiger partial charge in [-0.15, -0.1) is 0 Å². The molecule has 0 bridgehead atoms. The fourth-order valence-corrected chi connectivity index (χ4v) is 2.74. The Labute approximate surface area is 109 Å². The van der Waals surface area contributed by atoms with Gasteiger partial charge < -0.3 is 10.4 Å². The molecule has 4 N–H and O–H groups in total. The molecule has 7 heteroatoms. The van der Waals surface area contributed by atoms with Crippen LogP contribution in [0.2, 0.25) is 0 Å². The van der Waals surface area contributed by atoms with Crippen molar-refractivity contribution in [2.24, 2.45) is 0 Å². The Morgan fingerprint density at radius 2 is 2.07 bits per heavy atom. The van der Waals surface area contributed by atoms with E-state index in [1.54, 1.807) is 6.07 Å². The van der Waals surface area contributed by atoms with Crippen LogP contribution in [0.3, 0.4) is 0 Å². The maximum Gasteiger partial charge on any atom is 0.182 e. The topological polar surface area (TPSA) is 56.3 Å². The number of benzene rings is 1. The summed E-state index contributed by atoms with van der Waals surface area (Å²) in [6.45, 7) is 0. The summed E-state index contributed by atoms with van der Waals surface area (Å²) in [5.41, 5.74) is 6.39. The summed E-state index contributed by atoms with van der Waals surface area (Å²) in [7, 11) is 0. The number of halogens is 2. The lowest BCUT2D eigenvalue weighted by molar-refractivity contribution is 0.444. The summed E-state index contributed by atoms with van der Waals surface area (Å²) in [5, 5.41) is 13.3. The molecule has 1 saturated heterocycles. The number of nitrogens with one attached hydrogen (secondary N) is 3. The van der Waals surface area contributed by atoms with Gasteiger partial charge in [0.1, 0.15) is 11.9 Å². The van der Waals surface area contributed by atoms with E-state index >= 15 is 0 Å². The number of hydrogen-bond donors (Lipinski definition) is 4. The van der Waals surface area contributed by atoms with Gasteiger partial charge in [0, 0.05) is 10.0 Å². The second-order valence-electron chi connectivity index (χ2n) is 3.00. The molecule has 1 aromatic rings. The molecule has 15 heavy (non-hydrogen) atoms. The summed E-state index contributed by atoms with van der Waals surface area (Å²) in [4.78, 5) is 0. The molecule has 80 valence electrons. The van der Waals surface area contributed by atoms with Gasteiger partial charge in [0.25, 0.3) is 0 Å². The predicted octanol–water partition coefficient (Wildman–Crippen LogP) is 1.90. The van der Waals surface area contributed by atoms with Crippen LogP contribution in [-0.2, 0) is 0 Å².